The third kappa shape index (κ3) is 5.92. The van der Waals surface area contributed by atoms with Crippen LogP contribution in [-0.4, -0.2) is 39.4 Å². The van der Waals surface area contributed by atoms with Crippen molar-refractivity contribution in [3.05, 3.63) is 59.9 Å². The van der Waals surface area contributed by atoms with Gasteiger partial charge in [0.1, 0.15) is 0 Å². The van der Waals surface area contributed by atoms with Crippen molar-refractivity contribution in [1.29, 1.82) is 0 Å². The summed E-state index contributed by atoms with van der Waals surface area (Å²) in [7, 11) is 0. The molecule has 0 saturated heterocycles. The van der Waals surface area contributed by atoms with Crippen LogP contribution in [0.5, 0.6) is 0 Å². The number of aromatic nitrogens is 2. The first-order valence-electron chi connectivity index (χ1n) is 13.1. The Labute approximate surface area is 208 Å². The van der Waals surface area contributed by atoms with E-state index in [0.29, 0.717) is 31.0 Å². The fraction of sp³-hybridized carbons (Fsp3) is 0.483. The Balaban J connectivity index is 1.66. The minimum Gasteiger partial charge on any atom is -0.334 e. The van der Waals surface area contributed by atoms with Gasteiger partial charge >= 0.3 is 0 Å². The summed E-state index contributed by atoms with van der Waals surface area (Å²) in [5.74, 6) is 0.490. The summed E-state index contributed by atoms with van der Waals surface area (Å²) in [6.07, 6.45) is 7.65. The van der Waals surface area contributed by atoms with Gasteiger partial charge in [0.15, 0.2) is 0 Å². The monoisotopic (exact) mass is 474 g/mol. The number of imidazole rings is 1. The lowest BCUT2D eigenvalue weighted by Crippen LogP contribution is -2.36. The van der Waals surface area contributed by atoms with Crippen molar-refractivity contribution in [2.24, 2.45) is 5.92 Å². The molecular weight excluding hydrogens is 436 g/mol. The quantitative estimate of drug-likeness (QED) is 0.463. The third-order valence-corrected chi connectivity index (χ3v) is 6.83. The zero-order valence-corrected chi connectivity index (χ0v) is 21.4. The third-order valence-electron chi connectivity index (χ3n) is 6.83. The van der Waals surface area contributed by atoms with Gasteiger partial charge in [-0.25, -0.2) is 4.98 Å². The van der Waals surface area contributed by atoms with E-state index in [1.165, 1.54) is 0 Å². The van der Waals surface area contributed by atoms with Crippen LogP contribution in [0, 0.1) is 5.92 Å². The lowest BCUT2D eigenvalue weighted by Gasteiger charge is -2.30. The molecule has 0 fully saturated rings. The molecule has 6 nitrogen and oxygen atoms in total. The normalized spacial score (nSPS) is 15.5. The summed E-state index contributed by atoms with van der Waals surface area (Å²) >= 11 is 0. The molecule has 0 bridgehead atoms. The number of para-hydroxylation sites is 1. The average Bonchev–Trinajstić information content (AvgIpc) is 3.26. The number of aryl methyl sites for hydroxylation is 1. The van der Waals surface area contributed by atoms with Crippen molar-refractivity contribution in [1.82, 2.24) is 14.5 Å². The molecule has 0 N–H and O–H groups in total. The highest BCUT2D eigenvalue weighted by molar-refractivity contribution is 5.98. The molecule has 1 aliphatic heterocycles. The highest BCUT2D eigenvalue weighted by atomic mass is 16.2. The number of carbonyl (C=O) groups excluding carboxylic acids is 2. The average molecular weight is 475 g/mol. The van der Waals surface area contributed by atoms with Crippen LogP contribution < -0.4 is 4.90 Å². The molecule has 35 heavy (non-hydrogen) atoms. The SMILES string of the molecule is CCn1cnc2cc(C(=O)N3CCCCCCCN(C(=O)CC(C)C)c4ccccc4C3)ccc21. The van der Waals surface area contributed by atoms with E-state index in [4.69, 9.17) is 0 Å². The fourth-order valence-corrected chi connectivity index (χ4v) is 4.94. The van der Waals surface area contributed by atoms with E-state index < -0.39 is 0 Å². The second-order valence-electron chi connectivity index (χ2n) is 10.0. The van der Waals surface area contributed by atoms with E-state index in [1.807, 2.05) is 52.5 Å². The molecule has 4 rings (SSSR count). The maximum atomic E-state index is 13.7. The lowest BCUT2D eigenvalue weighted by atomic mass is 10.0. The van der Waals surface area contributed by atoms with Crippen molar-refractivity contribution >= 4 is 28.5 Å². The van der Waals surface area contributed by atoms with Crippen molar-refractivity contribution in [2.75, 3.05) is 18.0 Å². The standard InChI is InChI=1S/C29H38N4O2/c1-4-31-21-30-25-19-23(14-15-27(25)31)29(35)32-16-10-6-5-7-11-17-33(28(34)18-22(2)3)26-13-9-8-12-24(26)20-32/h8-9,12-15,19,21-22H,4-7,10-11,16-18,20H2,1-3H3. The van der Waals surface area contributed by atoms with Gasteiger partial charge in [-0.2, -0.15) is 0 Å². The Morgan fingerprint density at radius 2 is 1.71 bits per heavy atom. The topological polar surface area (TPSA) is 58.4 Å². The summed E-state index contributed by atoms with van der Waals surface area (Å²) in [6.45, 7) is 9.02. The van der Waals surface area contributed by atoms with Gasteiger partial charge in [-0.3, -0.25) is 9.59 Å². The highest BCUT2D eigenvalue weighted by Gasteiger charge is 2.23. The molecule has 1 aromatic heterocycles. The minimum atomic E-state index is 0.0184. The Kier molecular flexibility index (Phi) is 8.21. The first-order valence-corrected chi connectivity index (χ1v) is 13.1. The van der Waals surface area contributed by atoms with Crippen LogP contribution in [0.1, 0.15) is 75.2 Å². The Hall–Kier alpha value is -3.15. The van der Waals surface area contributed by atoms with Gasteiger partial charge in [0.2, 0.25) is 5.91 Å². The Morgan fingerprint density at radius 3 is 2.49 bits per heavy atom. The summed E-state index contributed by atoms with van der Waals surface area (Å²) in [6, 6.07) is 13.9. The van der Waals surface area contributed by atoms with Gasteiger partial charge in [-0.15, -0.1) is 0 Å². The number of anilines is 1. The summed E-state index contributed by atoms with van der Waals surface area (Å²) in [4.78, 5) is 35.3. The molecule has 0 saturated carbocycles. The van der Waals surface area contributed by atoms with Crippen molar-refractivity contribution in [2.45, 2.75) is 72.4 Å². The number of carbonyl (C=O) groups is 2. The summed E-state index contributed by atoms with van der Waals surface area (Å²) in [5, 5.41) is 0. The van der Waals surface area contributed by atoms with Crippen LogP contribution >= 0.6 is 0 Å². The second kappa shape index (κ2) is 11.5. The largest absolute Gasteiger partial charge is 0.334 e. The van der Waals surface area contributed by atoms with Gasteiger partial charge in [-0.1, -0.05) is 51.3 Å². The van der Waals surface area contributed by atoms with Crippen molar-refractivity contribution < 1.29 is 9.59 Å². The molecule has 0 aliphatic carbocycles. The van der Waals surface area contributed by atoms with Crippen molar-refractivity contribution in [3.8, 4) is 0 Å². The van der Waals surface area contributed by atoms with Crippen LogP contribution in [-0.2, 0) is 17.9 Å². The van der Waals surface area contributed by atoms with Crippen LogP contribution in [0.3, 0.4) is 0 Å². The minimum absolute atomic E-state index is 0.0184. The lowest BCUT2D eigenvalue weighted by molar-refractivity contribution is -0.119. The number of hydrogen-bond acceptors (Lipinski definition) is 3. The number of benzene rings is 2. The van der Waals surface area contributed by atoms with E-state index in [-0.39, 0.29) is 11.8 Å². The van der Waals surface area contributed by atoms with Crippen LogP contribution in [0.15, 0.2) is 48.8 Å². The molecule has 2 amide bonds. The molecular formula is C29H38N4O2. The van der Waals surface area contributed by atoms with Crippen molar-refractivity contribution in [3.63, 3.8) is 0 Å². The van der Waals surface area contributed by atoms with Gasteiger partial charge in [-0.05, 0) is 55.5 Å². The van der Waals surface area contributed by atoms with Gasteiger partial charge in [0, 0.05) is 43.9 Å². The second-order valence-corrected chi connectivity index (χ2v) is 10.0. The molecule has 0 unspecified atom stereocenters. The van der Waals surface area contributed by atoms with E-state index in [0.717, 1.165) is 67.5 Å². The van der Waals surface area contributed by atoms with Crippen LogP contribution in [0.4, 0.5) is 5.69 Å². The fourth-order valence-electron chi connectivity index (χ4n) is 4.94. The number of rotatable bonds is 4. The maximum absolute atomic E-state index is 13.7. The smallest absolute Gasteiger partial charge is 0.254 e. The molecule has 1 aliphatic rings. The Bertz CT molecular complexity index is 1170. The van der Waals surface area contributed by atoms with Gasteiger partial charge in [0.05, 0.1) is 17.4 Å². The number of hydrogen-bond donors (Lipinski definition) is 0. The molecule has 186 valence electrons. The van der Waals surface area contributed by atoms with E-state index >= 15 is 0 Å². The first kappa shape index (κ1) is 25.0. The van der Waals surface area contributed by atoms with E-state index in [9.17, 15) is 9.59 Å². The maximum Gasteiger partial charge on any atom is 0.254 e. The van der Waals surface area contributed by atoms with E-state index in [1.54, 1.807) is 0 Å². The van der Waals surface area contributed by atoms with Crippen LogP contribution in [0.2, 0.25) is 0 Å². The molecule has 2 aromatic carbocycles. The van der Waals surface area contributed by atoms with E-state index in [2.05, 4.69) is 36.4 Å². The summed E-state index contributed by atoms with van der Waals surface area (Å²) < 4.78 is 2.08. The zero-order valence-electron chi connectivity index (χ0n) is 21.4. The van der Waals surface area contributed by atoms with Gasteiger partial charge in [0.25, 0.3) is 5.91 Å². The number of nitrogens with zero attached hydrogens (tertiary/aromatic N) is 4. The zero-order chi connectivity index (χ0) is 24.8. The number of amides is 2. The molecule has 2 heterocycles. The summed E-state index contributed by atoms with van der Waals surface area (Å²) in [5.41, 5.74) is 4.51. The van der Waals surface area contributed by atoms with Gasteiger partial charge < -0.3 is 14.4 Å². The predicted octanol–water partition coefficient (Wildman–Crippen LogP) is 6.04. The predicted molar refractivity (Wildman–Crippen MR) is 141 cm³/mol. The van der Waals surface area contributed by atoms with Crippen LogP contribution in [0.25, 0.3) is 11.0 Å². The molecule has 0 spiro atoms. The Morgan fingerprint density at radius 1 is 0.971 bits per heavy atom. The number of fused-ring (bicyclic) bond motifs is 2. The molecule has 0 radical (unpaired) electrons. The molecule has 0 atom stereocenters. The highest BCUT2D eigenvalue weighted by Crippen LogP contribution is 2.26. The first-order chi connectivity index (χ1) is 17.0. The molecule has 6 heteroatoms. The molecule has 3 aromatic rings.